The molecular formula is C15H20O5. The fraction of sp³-hybridized carbons (Fsp3) is 0.467. The van der Waals surface area contributed by atoms with Crippen molar-refractivity contribution >= 4 is 12.1 Å². The highest BCUT2D eigenvalue weighted by molar-refractivity contribution is 5.89. The van der Waals surface area contributed by atoms with Crippen LogP contribution in [0.2, 0.25) is 0 Å². The van der Waals surface area contributed by atoms with E-state index < -0.39 is 18.4 Å². The number of esters is 1. The third-order valence-corrected chi connectivity index (χ3v) is 2.76. The van der Waals surface area contributed by atoms with E-state index in [2.05, 4.69) is 11.7 Å². The fourth-order valence-electron chi connectivity index (χ4n) is 1.75. The molecule has 1 unspecified atom stereocenters. The highest BCUT2D eigenvalue weighted by Crippen LogP contribution is 2.13. The number of benzene rings is 1. The first kappa shape index (κ1) is 16.0. The molecule has 0 N–H and O–H groups in total. The third-order valence-electron chi connectivity index (χ3n) is 2.76. The van der Waals surface area contributed by atoms with Crippen LogP contribution in [-0.4, -0.2) is 25.0 Å². The van der Waals surface area contributed by atoms with Crippen molar-refractivity contribution < 1.29 is 23.8 Å². The Morgan fingerprint density at radius 1 is 1.20 bits per heavy atom. The maximum Gasteiger partial charge on any atom is 0.511 e. The van der Waals surface area contributed by atoms with Gasteiger partial charge in [0.25, 0.3) is 0 Å². The fourth-order valence-corrected chi connectivity index (χ4v) is 1.75. The molecule has 0 bridgehead atoms. The zero-order chi connectivity index (χ0) is 15.1. The summed E-state index contributed by atoms with van der Waals surface area (Å²) in [6.07, 6.45) is -0.943. The van der Waals surface area contributed by atoms with Gasteiger partial charge in [0.2, 0.25) is 6.29 Å². The Kier molecular flexibility index (Phi) is 6.03. The minimum Gasteiger partial charge on any atom is -0.435 e. The second-order valence-electron chi connectivity index (χ2n) is 4.27. The van der Waals surface area contributed by atoms with E-state index in [1.807, 2.05) is 13.0 Å². The van der Waals surface area contributed by atoms with Crippen LogP contribution in [0.3, 0.4) is 0 Å². The van der Waals surface area contributed by atoms with Crippen LogP contribution in [0.1, 0.15) is 42.3 Å². The van der Waals surface area contributed by atoms with E-state index in [1.54, 1.807) is 19.1 Å². The van der Waals surface area contributed by atoms with Crippen LogP contribution in [0.15, 0.2) is 18.2 Å². The molecule has 0 spiro atoms. The molecule has 1 aromatic carbocycles. The van der Waals surface area contributed by atoms with Gasteiger partial charge in [0, 0.05) is 6.92 Å². The number of hydrogen-bond acceptors (Lipinski definition) is 5. The summed E-state index contributed by atoms with van der Waals surface area (Å²) in [6, 6.07) is 5.35. The standard InChI is InChI=1S/C15H20O5/c1-5-12-7-8-13(9-10(12)3)14(16)19-11(4)20-15(17)18-6-2/h7-9,11H,5-6H2,1-4H3. The van der Waals surface area contributed by atoms with Gasteiger partial charge in [0.15, 0.2) is 0 Å². The molecule has 0 heterocycles. The topological polar surface area (TPSA) is 61.8 Å². The number of aryl methyl sites for hydroxylation is 2. The van der Waals surface area contributed by atoms with E-state index in [9.17, 15) is 9.59 Å². The monoisotopic (exact) mass is 280 g/mol. The van der Waals surface area contributed by atoms with Gasteiger partial charge in [-0.15, -0.1) is 0 Å². The molecule has 0 aliphatic carbocycles. The van der Waals surface area contributed by atoms with Crippen LogP contribution < -0.4 is 0 Å². The van der Waals surface area contributed by atoms with Crippen molar-refractivity contribution in [2.75, 3.05) is 6.61 Å². The second kappa shape index (κ2) is 7.53. The summed E-state index contributed by atoms with van der Waals surface area (Å²) in [4.78, 5) is 23.0. The zero-order valence-corrected chi connectivity index (χ0v) is 12.3. The Morgan fingerprint density at radius 3 is 2.45 bits per heavy atom. The molecule has 0 aliphatic heterocycles. The van der Waals surface area contributed by atoms with E-state index in [1.165, 1.54) is 12.5 Å². The maximum absolute atomic E-state index is 11.9. The van der Waals surface area contributed by atoms with E-state index in [4.69, 9.17) is 9.47 Å². The number of carbonyl (C=O) groups is 2. The molecule has 0 amide bonds. The van der Waals surface area contributed by atoms with Gasteiger partial charge in [-0.25, -0.2) is 9.59 Å². The first-order valence-electron chi connectivity index (χ1n) is 6.61. The number of ether oxygens (including phenoxy) is 3. The maximum atomic E-state index is 11.9. The number of hydrogen-bond donors (Lipinski definition) is 0. The smallest absolute Gasteiger partial charge is 0.435 e. The molecule has 20 heavy (non-hydrogen) atoms. The molecule has 110 valence electrons. The average molecular weight is 280 g/mol. The first-order valence-corrected chi connectivity index (χ1v) is 6.61. The van der Waals surface area contributed by atoms with Crippen molar-refractivity contribution in [1.82, 2.24) is 0 Å². The molecule has 0 radical (unpaired) electrons. The largest absolute Gasteiger partial charge is 0.511 e. The van der Waals surface area contributed by atoms with Gasteiger partial charge in [-0.2, -0.15) is 0 Å². The van der Waals surface area contributed by atoms with Gasteiger partial charge in [-0.1, -0.05) is 13.0 Å². The van der Waals surface area contributed by atoms with Crippen molar-refractivity contribution in [2.45, 2.75) is 40.4 Å². The summed E-state index contributed by atoms with van der Waals surface area (Å²) in [5.41, 5.74) is 2.64. The van der Waals surface area contributed by atoms with E-state index >= 15 is 0 Å². The van der Waals surface area contributed by atoms with Gasteiger partial charge in [-0.3, -0.25) is 0 Å². The lowest BCUT2D eigenvalue weighted by atomic mass is 10.0. The van der Waals surface area contributed by atoms with Gasteiger partial charge < -0.3 is 14.2 Å². The van der Waals surface area contributed by atoms with Crippen molar-refractivity contribution in [3.63, 3.8) is 0 Å². The van der Waals surface area contributed by atoms with E-state index in [-0.39, 0.29) is 6.61 Å². The Balaban J connectivity index is 2.62. The van der Waals surface area contributed by atoms with Crippen LogP contribution in [-0.2, 0) is 20.6 Å². The van der Waals surface area contributed by atoms with Crippen LogP contribution >= 0.6 is 0 Å². The molecule has 0 aliphatic rings. The summed E-state index contributed by atoms with van der Waals surface area (Å²) in [6.45, 7) is 7.32. The van der Waals surface area contributed by atoms with E-state index in [0.717, 1.165) is 12.0 Å². The molecule has 0 saturated carbocycles. The molecule has 1 rings (SSSR count). The number of carbonyl (C=O) groups excluding carboxylic acids is 2. The Morgan fingerprint density at radius 2 is 1.90 bits per heavy atom. The second-order valence-corrected chi connectivity index (χ2v) is 4.27. The molecule has 1 aromatic rings. The van der Waals surface area contributed by atoms with Crippen LogP contribution in [0.25, 0.3) is 0 Å². The molecular weight excluding hydrogens is 260 g/mol. The minimum atomic E-state index is -0.993. The lowest BCUT2D eigenvalue weighted by Crippen LogP contribution is -2.22. The highest BCUT2D eigenvalue weighted by Gasteiger charge is 2.16. The molecule has 5 nitrogen and oxygen atoms in total. The summed E-state index contributed by atoms with van der Waals surface area (Å²) >= 11 is 0. The minimum absolute atomic E-state index is 0.206. The first-order chi connectivity index (χ1) is 9.47. The van der Waals surface area contributed by atoms with Gasteiger partial charge in [0.05, 0.1) is 12.2 Å². The van der Waals surface area contributed by atoms with Crippen LogP contribution in [0.5, 0.6) is 0 Å². The third kappa shape index (κ3) is 4.57. The quantitative estimate of drug-likeness (QED) is 0.612. The summed E-state index contributed by atoms with van der Waals surface area (Å²) < 4.78 is 14.4. The molecule has 0 fully saturated rings. The Hall–Kier alpha value is -2.04. The SMILES string of the molecule is CCOC(=O)OC(C)OC(=O)c1ccc(CC)c(C)c1. The summed E-state index contributed by atoms with van der Waals surface area (Å²) in [5.74, 6) is -0.535. The molecule has 5 heteroatoms. The predicted octanol–water partition coefficient (Wildman–Crippen LogP) is 3.23. The Labute approximate surface area is 118 Å². The van der Waals surface area contributed by atoms with Crippen molar-refractivity contribution in [3.05, 3.63) is 34.9 Å². The van der Waals surface area contributed by atoms with Crippen LogP contribution in [0.4, 0.5) is 4.79 Å². The van der Waals surface area contributed by atoms with Gasteiger partial charge in [-0.05, 0) is 43.5 Å². The lowest BCUT2D eigenvalue weighted by Gasteiger charge is -2.14. The Bertz CT molecular complexity index is 481. The zero-order valence-electron chi connectivity index (χ0n) is 12.3. The summed E-state index contributed by atoms with van der Waals surface area (Å²) in [7, 11) is 0. The van der Waals surface area contributed by atoms with Gasteiger partial charge in [0.1, 0.15) is 0 Å². The molecule has 0 aromatic heterocycles. The van der Waals surface area contributed by atoms with Crippen molar-refractivity contribution in [1.29, 1.82) is 0 Å². The normalized spacial score (nSPS) is 11.6. The average Bonchev–Trinajstić information content (AvgIpc) is 2.38. The summed E-state index contributed by atoms with van der Waals surface area (Å²) in [5, 5.41) is 0. The molecule has 0 saturated heterocycles. The van der Waals surface area contributed by atoms with Crippen molar-refractivity contribution in [3.8, 4) is 0 Å². The predicted molar refractivity (Wildman–Crippen MR) is 73.5 cm³/mol. The van der Waals surface area contributed by atoms with Crippen molar-refractivity contribution in [2.24, 2.45) is 0 Å². The van der Waals surface area contributed by atoms with Crippen LogP contribution in [0, 0.1) is 6.92 Å². The number of rotatable bonds is 5. The lowest BCUT2D eigenvalue weighted by molar-refractivity contribution is -0.0811. The molecule has 1 atom stereocenters. The highest BCUT2D eigenvalue weighted by atomic mass is 16.8. The van der Waals surface area contributed by atoms with E-state index in [0.29, 0.717) is 5.56 Å². The van der Waals surface area contributed by atoms with Gasteiger partial charge >= 0.3 is 12.1 Å².